The van der Waals surface area contributed by atoms with Crippen LogP contribution >= 0.6 is 12.6 Å². The van der Waals surface area contributed by atoms with E-state index in [1.807, 2.05) is 0 Å². The van der Waals surface area contributed by atoms with E-state index in [0.29, 0.717) is 0 Å². The van der Waals surface area contributed by atoms with Crippen molar-refractivity contribution >= 4 is 309 Å². The lowest BCUT2D eigenvalue weighted by Crippen LogP contribution is -2.43. The van der Waals surface area contributed by atoms with Crippen molar-refractivity contribution in [2.24, 2.45) is 0 Å². The SMILES string of the molecule is Sc1ccc(NC23c4c5c6c7c8c9c(c%10c%11c2c2c%12c4c4c%13c5c5c7c7c8c8c%14c9c%10c9c%10c%11c2c2c%11c%12c4c4c%12c%13c5c5c7c7c8c8c%14c9c9c%10c2c2c%11c4c4c%12c5c7c5c8c9c2c45)C63)cc1. The van der Waals surface area contributed by atoms with Crippen LogP contribution in [0.15, 0.2) is 29.2 Å². The van der Waals surface area contributed by atoms with Crippen LogP contribution in [-0.2, 0) is 5.54 Å². The van der Waals surface area contributed by atoms with Gasteiger partial charge < -0.3 is 5.32 Å². The Balaban J connectivity index is 1.19. The van der Waals surface area contributed by atoms with Gasteiger partial charge in [-0.1, -0.05) is 0 Å². The second-order valence-electron chi connectivity index (χ2n) is 24.7. The fraction of sp³-hybridized carbons (Fsp3) is 0.0303. The highest BCUT2D eigenvalue weighted by Gasteiger charge is 2.63. The minimum absolute atomic E-state index is 0.170. The van der Waals surface area contributed by atoms with E-state index in [0.717, 1.165) is 4.90 Å². The van der Waals surface area contributed by atoms with Crippen molar-refractivity contribution in [3.05, 3.63) is 46.5 Å². The Morgan fingerprint density at radius 1 is 0.235 bits per heavy atom. The highest BCUT2D eigenvalue weighted by Crippen LogP contribution is 2.83. The average Bonchev–Trinajstić information content (AvgIpc) is 4.20. The summed E-state index contributed by atoms with van der Waals surface area (Å²) in [7, 11) is 0. The number of nitrogens with one attached hydrogen (secondary N) is 1. The topological polar surface area (TPSA) is 12.0 Å². The van der Waals surface area contributed by atoms with Crippen LogP contribution in [0.3, 0.4) is 0 Å². The Morgan fingerprint density at radius 2 is 0.426 bits per heavy atom. The molecule has 4 aliphatic carbocycles. The van der Waals surface area contributed by atoms with Crippen LogP contribution in [0.2, 0.25) is 0 Å². The van der Waals surface area contributed by atoms with E-state index >= 15 is 0 Å². The first-order valence-corrected chi connectivity index (χ1v) is 25.6. The van der Waals surface area contributed by atoms with Crippen molar-refractivity contribution in [1.29, 1.82) is 0 Å². The predicted octanol–water partition coefficient (Wildman–Crippen LogP) is 18.5. The third kappa shape index (κ3) is 1.34. The third-order valence-electron chi connectivity index (χ3n) is 24.3. The van der Waals surface area contributed by atoms with Crippen LogP contribution in [0.4, 0.5) is 5.69 Å². The zero-order valence-corrected chi connectivity index (χ0v) is 35.2. The largest absolute Gasteiger partial charge is 0.371 e. The van der Waals surface area contributed by atoms with E-state index in [1.165, 1.54) is 5.69 Å². The Hall–Kier alpha value is -8.17. The van der Waals surface area contributed by atoms with Gasteiger partial charge in [-0.15, -0.1) is 12.6 Å². The highest BCUT2D eigenvalue weighted by molar-refractivity contribution is 7.80. The molecule has 0 aromatic heterocycles. The Kier molecular flexibility index (Phi) is 2.10. The molecule has 0 fully saturated rings. The normalized spacial score (nSPS) is 20.9. The van der Waals surface area contributed by atoms with E-state index in [9.17, 15) is 0 Å². The molecule has 1 N–H and O–H groups in total. The number of hydrogen-bond donors (Lipinski definition) is 2. The molecule has 1 nitrogen and oxygen atoms in total. The van der Waals surface area contributed by atoms with E-state index in [1.54, 1.807) is 313 Å². The van der Waals surface area contributed by atoms with Crippen molar-refractivity contribution in [2.45, 2.75) is 16.4 Å². The van der Waals surface area contributed by atoms with Crippen LogP contribution in [0.5, 0.6) is 0 Å². The zero-order chi connectivity index (χ0) is 40.3. The quantitative estimate of drug-likeness (QED) is 0.130. The van der Waals surface area contributed by atoms with Gasteiger partial charge in [-0.2, -0.15) is 0 Å². The fourth-order valence-corrected chi connectivity index (χ4v) is 24.3. The minimum Gasteiger partial charge on any atom is -0.371 e. The van der Waals surface area contributed by atoms with Crippen molar-refractivity contribution in [3.8, 4) is 0 Å². The van der Waals surface area contributed by atoms with Gasteiger partial charge in [0.05, 0.1) is 0 Å². The number of thiol groups is 1. The van der Waals surface area contributed by atoms with Gasteiger partial charge in [0.15, 0.2) is 0 Å². The van der Waals surface area contributed by atoms with E-state index in [4.69, 9.17) is 17.9 Å². The maximum Gasteiger partial charge on any atom is 0.102 e. The lowest BCUT2D eigenvalue weighted by atomic mass is 9.64. The van der Waals surface area contributed by atoms with Gasteiger partial charge in [-0.05, 0) is 337 Å². The first-order valence-electron chi connectivity index (χ1n) is 25.2. The zero-order valence-electron chi connectivity index (χ0n) is 34.3. The Morgan fingerprint density at radius 3 is 0.750 bits per heavy atom. The second kappa shape index (κ2) is 5.70. The van der Waals surface area contributed by atoms with Gasteiger partial charge in [0, 0.05) is 16.5 Å². The highest BCUT2D eigenvalue weighted by atomic mass is 32.1. The molecular formula is C66H7NS. The lowest BCUT2D eigenvalue weighted by molar-refractivity contribution is 0.554. The van der Waals surface area contributed by atoms with E-state index in [-0.39, 0.29) is 5.92 Å². The molecule has 282 valence electrons. The number of hydrogen-bond acceptors (Lipinski definition) is 2. The molecule has 33 rings (SSSR count). The first kappa shape index (κ1) is 25.1. The second-order valence-corrected chi connectivity index (χ2v) is 25.3. The average molecular weight is 846 g/mol. The molecule has 4 aliphatic rings. The molecule has 29 aromatic carbocycles. The molecule has 0 amide bonds. The van der Waals surface area contributed by atoms with Gasteiger partial charge in [0.1, 0.15) is 5.54 Å². The molecule has 2 atom stereocenters. The van der Waals surface area contributed by atoms with Gasteiger partial charge in [-0.25, -0.2) is 0 Å². The molecule has 0 radical (unpaired) electrons. The summed E-state index contributed by atoms with van der Waals surface area (Å²) in [6, 6.07) is 9.17. The molecule has 0 spiro atoms. The number of rotatable bonds is 2. The summed E-state index contributed by atoms with van der Waals surface area (Å²) in [6.07, 6.45) is 0. The number of anilines is 1. The summed E-state index contributed by atoms with van der Waals surface area (Å²) in [5, 5.41) is 93.6. The van der Waals surface area contributed by atoms with Crippen LogP contribution in [0.25, 0.3) is 291 Å². The summed E-state index contributed by atoms with van der Waals surface area (Å²) in [4.78, 5) is 1.02. The maximum atomic E-state index is 4.89. The summed E-state index contributed by atoms with van der Waals surface area (Å²) in [6.45, 7) is 0. The van der Waals surface area contributed by atoms with Gasteiger partial charge in [0.2, 0.25) is 0 Å². The van der Waals surface area contributed by atoms with Crippen molar-refractivity contribution in [2.75, 3.05) is 5.32 Å². The minimum atomic E-state index is -0.469. The molecule has 2 unspecified atom stereocenters. The van der Waals surface area contributed by atoms with Gasteiger partial charge in [-0.3, -0.25) is 0 Å². The molecule has 2 heteroatoms. The molecule has 0 heterocycles. The third-order valence-corrected chi connectivity index (χ3v) is 24.6. The standard InChI is InChI=1S/C66H7NS/c68-6-3-1-5(2-4-6)67-66-63-59-53-39-31-23-11-8-7-9-12(11)24-26-22-16(9)18-14-10(7)13-17-15(8)21-25(23)37(39)45-43-29(21)27(17)35-33-19(13)20(14)34-36-28(18)30(22)44-46-38(26)40(32(24)31)54(53)60(63)56(46)58-50(44)48(36)52-42(34)41(33)51-47(35)49(43)57(55(45)59)64(66)61(51)62(52)65(58)66/h1-4,64,67-68H. The molecule has 68 heavy (non-hydrogen) atoms. The Labute approximate surface area is 375 Å². The van der Waals surface area contributed by atoms with Crippen molar-refractivity contribution in [1.82, 2.24) is 0 Å². The summed E-state index contributed by atoms with van der Waals surface area (Å²) in [5.74, 6) is 0.170. The monoisotopic (exact) mass is 845 g/mol. The van der Waals surface area contributed by atoms with Crippen molar-refractivity contribution in [3.63, 3.8) is 0 Å². The summed E-state index contributed by atoms with van der Waals surface area (Å²) in [5.41, 5.74) is 7.43. The molecule has 0 aliphatic heterocycles. The molecular weight excluding hydrogens is 839 g/mol. The smallest absolute Gasteiger partial charge is 0.102 e. The van der Waals surface area contributed by atoms with Crippen LogP contribution in [0, 0.1) is 0 Å². The fourth-order valence-electron chi connectivity index (χ4n) is 24.2. The van der Waals surface area contributed by atoms with Crippen LogP contribution in [0.1, 0.15) is 28.2 Å². The van der Waals surface area contributed by atoms with Gasteiger partial charge in [0.25, 0.3) is 0 Å². The maximum absolute atomic E-state index is 4.89. The first-order chi connectivity index (χ1) is 33.8. The van der Waals surface area contributed by atoms with E-state index < -0.39 is 5.54 Å². The molecule has 29 aromatic rings. The lowest BCUT2D eigenvalue weighted by Gasteiger charge is -2.45. The van der Waals surface area contributed by atoms with E-state index in [2.05, 4.69) is 24.3 Å². The van der Waals surface area contributed by atoms with Crippen LogP contribution in [-0.4, -0.2) is 0 Å². The molecule has 0 saturated carbocycles. The van der Waals surface area contributed by atoms with Gasteiger partial charge >= 0.3 is 0 Å². The molecule has 0 bridgehead atoms. The number of benzene rings is 18. The van der Waals surface area contributed by atoms with Crippen LogP contribution < -0.4 is 5.32 Å². The Bertz CT molecular complexity index is 7370. The predicted molar refractivity (Wildman–Crippen MR) is 292 cm³/mol. The molecule has 0 saturated heterocycles. The van der Waals surface area contributed by atoms with Crippen molar-refractivity contribution < 1.29 is 0 Å². The summed E-state index contributed by atoms with van der Waals surface area (Å²) >= 11 is 4.89. The summed E-state index contributed by atoms with van der Waals surface area (Å²) < 4.78 is 0.